The zero-order valence-electron chi connectivity index (χ0n) is 7.05. The summed E-state index contributed by atoms with van der Waals surface area (Å²) >= 11 is 11.5. The van der Waals surface area contributed by atoms with E-state index >= 15 is 0 Å². The Morgan fingerprint density at radius 1 is 1.43 bits per heavy atom. The second-order valence-corrected chi connectivity index (χ2v) is 3.36. The predicted octanol–water partition coefficient (Wildman–Crippen LogP) is 2.62. The van der Waals surface area contributed by atoms with Gasteiger partial charge >= 0.3 is 5.97 Å². The number of carboxylic acid groups (broad SMARTS) is 1. The van der Waals surface area contributed by atoms with E-state index < -0.39 is 5.97 Å². The third-order valence-electron chi connectivity index (χ3n) is 1.49. The van der Waals surface area contributed by atoms with Crippen LogP contribution < -0.4 is 0 Å². The highest BCUT2D eigenvalue weighted by Crippen LogP contribution is 2.20. The number of rotatable bonds is 1. The lowest BCUT2D eigenvalue weighted by Crippen LogP contribution is -1.89. The lowest BCUT2D eigenvalue weighted by molar-refractivity contribution is -0.130. The first-order valence-electron chi connectivity index (χ1n) is 3.75. The van der Waals surface area contributed by atoms with Gasteiger partial charge in [-0.15, -0.1) is 0 Å². The summed E-state index contributed by atoms with van der Waals surface area (Å²) in [4.78, 5) is 10.1. The zero-order chi connectivity index (χ0) is 10.6. The first-order chi connectivity index (χ1) is 6.59. The fraction of sp³-hybridized carbons (Fsp3) is 0.100. The summed E-state index contributed by atoms with van der Waals surface area (Å²) in [5.74, 6) is 3.35. The molecule has 72 valence electrons. The number of aliphatic carboxylic acids is 1. The second-order valence-electron chi connectivity index (χ2n) is 2.52. The van der Waals surface area contributed by atoms with Crippen molar-refractivity contribution in [1.29, 1.82) is 0 Å². The van der Waals surface area contributed by atoms with Crippen LogP contribution in [0.2, 0.25) is 10.0 Å². The lowest BCUT2D eigenvalue weighted by Gasteiger charge is -1.98. The highest BCUT2D eigenvalue weighted by molar-refractivity contribution is 6.35. The molecule has 0 aromatic heterocycles. The summed E-state index contributed by atoms with van der Waals surface area (Å²) in [7, 11) is 0. The third-order valence-corrected chi connectivity index (χ3v) is 2.08. The van der Waals surface area contributed by atoms with E-state index in [-0.39, 0.29) is 0 Å². The zero-order valence-corrected chi connectivity index (χ0v) is 8.56. The summed E-state index contributed by atoms with van der Waals surface area (Å²) < 4.78 is 0. The maximum atomic E-state index is 10.1. The van der Waals surface area contributed by atoms with Crippen molar-refractivity contribution in [2.24, 2.45) is 0 Å². The molecule has 4 heteroatoms. The van der Waals surface area contributed by atoms with E-state index in [2.05, 4.69) is 5.92 Å². The van der Waals surface area contributed by atoms with Gasteiger partial charge in [-0.2, -0.15) is 0 Å². The number of benzene rings is 1. The van der Waals surface area contributed by atoms with Crippen molar-refractivity contribution in [3.8, 4) is 11.8 Å². The summed E-state index contributed by atoms with van der Waals surface area (Å²) in [6.07, 6.45) is 0.308. The van der Waals surface area contributed by atoms with Gasteiger partial charge in [0.05, 0.1) is 0 Å². The van der Waals surface area contributed by atoms with Crippen LogP contribution in [0.1, 0.15) is 5.56 Å². The maximum Gasteiger partial charge on any atom is 0.381 e. The molecule has 1 aromatic carbocycles. The minimum absolute atomic E-state index is 0.308. The number of hydrogen-bond donors (Lipinski definition) is 1. The molecule has 0 aliphatic carbocycles. The van der Waals surface area contributed by atoms with Gasteiger partial charge in [0.1, 0.15) is 0 Å². The van der Waals surface area contributed by atoms with Gasteiger partial charge < -0.3 is 5.11 Å². The van der Waals surface area contributed by atoms with E-state index in [0.29, 0.717) is 16.5 Å². The molecule has 0 bridgehead atoms. The van der Waals surface area contributed by atoms with Crippen LogP contribution in [0.4, 0.5) is 0 Å². The molecular weight excluding hydrogens is 223 g/mol. The predicted molar refractivity (Wildman–Crippen MR) is 55.6 cm³/mol. The highest BCUT2D eigenvalue weighted by Gasteiger charge is 1.98. The smallest absolute Gasteiger partial charge is 0.381 e. The average molecular weight is 229 g/mol. The van der Waals surface area contributed by atoms with Crippen molar-refractivity contribution in [3.63, 3.8) is 0 Å². The number of hydrogen-bond acceptors (Lipinski definition) is 1. The number of halogens is 2. The molecule has 0 aliphatic heterocycles. The van der Waals surface area contributed by atoms with E-state index in [1.54, 1.807) is 18.2 Å². The molecule has 0 spiro atoms. The van der Waals surface area contributed by atoms with E-state index in [1.165, 1.54) is 0 Å². The minimum Gasteiger partial charge on any atom is -0.472 e. The van der Waals surface area contributed by atoms with Crippen LogP contribution in [-0.4, -0.2) is 11.1 Å². The molecule has 0 unspecified atom stereocenters. The van der Waals surface area contributed by atoms with Crippen molar-refractivity contribution < 1.29 is 9.90 Å². The monoisotopic (exact) mass is 228 g/mol. The van der Waals surface area contributed by atoms with Crippen LogP contribution in [0.25, 0.3) is 0 Å². The SMILES string of the molecule is O=C(O)C#CCc1ccc(Cl)cc1Cl. The Bertz CT molecular complexity index is 416. The van der Waals surface area contributed by atoms with Crippen molar-refractivity contribution in [1.82, 2.24) is 0 Å². The van der Waals surface area contributed by atoms with E-state index in [0.717, 1.165) is 5.56 Å². The summed E-state index contributed by atoms with van der Waals surface area (Å²) in [5, 5.41) is 9.32. The fourth-order valence-corrected chi connectivity index (χ4v) is 1.36. The van der Waals surface area contributed by atoms with Gasteiger partial charge in [-0.3, -0.25) is 0 Å². The Hall–Kier alpha value is -1.17. The molecule has 0 aliphatic rings. The fourth-order valence-electron chi connectivity index (χ4n) is 0.880. The second kappa shape index (κ2) is 4.90. The Labute approximate surface area is 91.5 Å². The largest absolute Gasteiger partial charge is 0.472 e. The summed E-state index contributed by atoms with van der Waals surface area (Å²) in [6.45, 7) is 0. The van der Waals surface area contributed by atoms with Gasteiger partial charge in [-0.05, 0) is 17.7 Å². The van der Waals surface area contributed by atoms with Crippen molar-refractivity contribution >= 4 is 29.2 Å². The molecule has 0 atom stereocenters. The Kier molecular flexibility index (Phi) is 3.82. The molecular formula is C10H6Cl2O2. The molecule has 1 N–H and O–H groups in total. The van der Waals surface area contributed by atoms with Crippen molar-refractivity contribution in [2.75, 3.05) is 0 Å². The normalized spacial score (nSPS) is 9.00. The minimum atomic E-state index is -1.14. The van der Waals surface area contributed by atoms with Crippen molar-refractivity contribution in [2.45, 2.75) is 6.42 Å². The van der Waals surface area contributed by atoms with Crippen LogP contribution in [0.5, 0.6) is 0 Å². The van der Waals surface area contributed by atoms with Gasteiger partial charge in [-0.25, -0.2) is 4.79 Å². The van der Waals surface area contributed by atoms with Gasteiger partial charge in [-0.1, -0.05) is 35.2 Å². The Morgan fingerprint density at radius 3 is 2.71 bits per heavy atom. The first-order valence-corrected chi connectivity index (χ1v) is 4.51. The van der Waals surface area contributed by atoms with E-state index in [4.69, 9.17) is 28.3 Å². The molecule has 0 amide bonds. The molecule has 0 radical (unpaired) electrons. The maximum absolute atomic E-state index is 10.1. The van der Waals surface area contributed by atoms with Crippen LogP contribution >= 0.6 is 23.2 Å². The van der Waals surface area contributed by atoms with Crippen LogP contribution in [0.15, 0.2) is 18.2 Å². The molecule has 1 aromatic rings. The molecule has 1 rings (SSSR count). The quantitative estimate of drug-likeness (QED) is 0.751. The molecule has 0 saturated heterocycles. The number of carboxylic acids is 1. The summed E-state index contributed by atoms with van der Waals surface area (Å²) in [6, 6.07) is 5.01. The van der Waals surface area contributed by atoms with Gasteiger partial charge in [0.15, 0.2) is 0 Å². The molecule has 2 nitrogen and oxygen atoms in total. The van der Waals surface area contributed by atoms with E-state index in [9.17, 15) is 4.79 Å². The number of carbonyl (C=O) groups is 1. The van der Waals surface area contributed by atoms with Crippen LogP contribution in [0, 0.1) is 11.8 Å². The standard InChI is InChI=1S/C10H6Cl2O2/c11-8-5-4-7(9(12)6-8)2-1-3-10(13)14/h4-6H,2H2,(H,13,14). The average Bonchev–Trinajstić information content (AvgIpc) is 2.08. The third kappa shape index (κ3) is 3.29. The van der Waals surface area contributed by atoms with Crippen molar-refractivity contribution in [3.05, 3.63) is 33.8 Å². The topological polar surface area (TPSA) is 37.3 Å². The molecule has 14 heavy (non-hydrogen) atoms. The van der Waals surface area contributed by atoms with Crippen LogP contribution in [0.3, 0.4) is 0 Å². The Balaban J connectivity index is 2.79. The molecule has 0 saturated carbocycles. The first kappa shape index (κ1) is 10.9. The summed E-state index contributed by atoms with van der Waals surface area (Å²) in [5.41, 5.74) is 0.768. The molecule has 0 heterocycles. The highest BCUT2D eigenvalue weighted by atomic mass is 35.5. The van der Waals surface area contributed by atoms with Crippen LogP contribution in [-0.2, 0) is 11.2 Å². The van der Waals surface area contributed by atoms with Gasteiger partial charge in [0, 0.05) is 22.4 Å². The Morgan fingerprint density at radius 2 is 2.14 bits per heavy atom. The van der Waals surface area contributed by atoms with Gasteiger partial charge in [0.25, 0.3) is 0 Å². The van der Waals surface area contributed by atoms with E-state index in [1.807, 2.05) is 5.92 Å². The molecule has 0 fully saturated rings. The van der Waals surface area contributed by atoms with Gasteiger partial charge in [0.2, 0.25) is 0 Å². The lowest BCUT2D eigenvalue weighted by atomic mass is 10.1.